The summed E-state index contributed by atoms with van der Waals surface area (Å²) < 4.78 is 6.94. The van der Waals surface area contributed by atoms with Crippen LogP contribution in [-0.2, 0) is 19.6 Å². The highest BCUT2D eigenvalue weighted by molar-refractivity contribution is 9.10. The number of halogens is 1. The number of ether oxygens (including phenoxy) is 1. The molecule has 0 fully saturated rings. The van der Waals surface area contributed by atoms with Crippen molar-refractivity contribution in [3.05, 3.63) is 57.7 Å². The van der Waals surface area contributed by atoms with Crippen molar-refractivity contribution < 1.29 is 4.74 Å². The molecular formula is C17H21BrN2O. The second-order valence-corrected chi connectivity index (χ2v) is 5.82. The molecular weight excluding hydrogens is 328 g/mol. The number of nitrogens with zero attached hydrogens (tertiary/aromatic N) is 1. The lowest BCUT2D eigenvalue weighted by atomic mass is 10.1. The summed E-state index contributed by atoms with van der Waals surface area (Å²) >= 11 is 3.54. The first-order valence-electron chi connectivity index (χ1n) is 7.23. The van der Waals surface area contributed by atoms with Crippen molar-refractivity contribution in [1.29, 1.82) is 0 Å². The molecule has 1 aromatic carbocycles. The first-order valence-corrected chi connectivity index (χ1v) is 8.03. The lowest BCUT2D eigenvalue weighted by Gasteiger charge is -2.11. The van der Waals surface area contributed by atoms with E-state index in [0.29, 0.717) is 12.5 Å². The Balaban J connectivity index is 2.13. The van der Waals surface area contributed by atoms with E-state index in [1.54, 1.807) is 0 Å². The summed E-state index contributed by atoms with van der Waals surface area (Å²) in [6, 6.07) is 12.2. The predicted octanol–water partition coefficient (Wildman–Crippen LogP) is 4.10. The van der Waals surface area contributed by atoms with Crippen LogP contribution < -0.4 is 10.1 Å². The molecule has 0 unspecified atom stereocenters. The largest absolute Gasteiger partial charge is 0.473 e. The number of hydrogen-bond donors (Lipinski definition) is 1. The van der Waals surface area contributed by atoms with E-state index in [1.165, 1.54) is 5.56 Å². The van der Waals surface area contributed by atoms with Gasteiger partial charge >= 0.3 is 0 Å². The monoisotopic (exact) mass is 348 g/mol. The highest BCUT2D eigenvalue weighted by Gasteiger charge is 2.05. The normalized spacial score (nSPS) is 10.6. The molecule has 3 nitrogen and oxygen atoms in total. The fraction of sp³-hybridized carbons (Fsp3) is 0.353. The van der Waals surface area contributed by atoms with E-state index < -0.39 is 0 Å². The van der Waals surface area contributed by atoms with Crippen LogP contribution in [0.2, 0.25) is 0 Å². The van der Waals surface area contributed by atoms with Crippen molar-refractivity contribution in [2.24, 2.45) is 0 Å². The van der Waals surface area contributed by atoms with Crippen molar-refractivity contribution in [2.45, 2.75) is 32.9 Å². The summed E-state index contributed by atoms with van der Waals surface area (Å²) in [6.07, 6.45) is 2.06. The van der Waals surface area contributed by atoms with E-state index in [-0.39, 0.29) is 0 Å². The van der Waals surface area contributed by atoms with Crippen LogP contribution in [0.5, 0.6) is 5.88 Å². The topological polar surface area (TPSA) is 34.1 Å². The van der Waals surface area contributed by atoms with Crippen LogP contribution in [-0.4, -0.2) is 12.0 Å². The smallest absolute Gasteiger partial charge is 0.214 e. The van der Waals surface area contributed by atoms with Gasteiger partial charge in [-0.1, -0.05) is 47.5 Å². The number of pyridine rings is 1. The average Bonchev–Trinajstić information content (AvgIpc) is 2.47. The highest BCUT2D eigenvalue weighted by Crippen LogP contribution is 2.19. The van der Waals surface area contributed by atoms with Gasteiger partial charge in [0.05, 0.1) is 0 Å². The van der Waals surface area contributed by atoms with E-state index >= 15 is 0 Å². The molecule has 1 N–H and O–H groups in total. The third kappa shape index (κ3) is 4.83. The molecule has 0 aliphatic heterocycles. The minimum Gasteiger partial charge on any atom is -0.473 e. The molecule has 0 bridgehead atoms. The van der Waals surface area contributed by atoms with Crippen LogP contribution >= 0.6 is 15.9 Å². The van der Waals surface area contributed by atoms with Gasteiger partial charge in [0.25, 0.3) is 0 Å². The quantitative estimate of drug-likeness (QED) is 0.817. The molecule has 0 atom stereocenters. The Labute approximate surface area is 134 Å². The molecule has 1 aromatic heterocycles. The predicted molar refractivity (Wildman–Crippen MR) is 89.5 cm³/mol. The molecule has 0 amide bonds. The van der Waals surface area contributed by atoms with Crippen molar-refractivity contribution in [1.82, 2.24) is 10.3 Å². The Morgan fingerprint density at radius 1 is 1.24 bits per heavy atom. The number of rotatable bonds is 7. The van der Waals surface area contributed by atoms with Gasteiger partial charge in [-0.3, -0.25) is 0 Å². The number of aromatic nitrogens is 1. The van der Waals surface area contributed by atoms with Crippen LogP contribution in [0.25, 0.3) is 0 Å². The molecule has 2 rings (SSSR count). The summed E-state index contributed by atoms with van der Waals surface area (Å²) in [6.45, 7) is 3.50. The maximum atomic E-state index is 5.88. The van der Waals surface area contributed by atoms with Gasteiger partial charge in [-0.2, -0.15) is 0 Å². The van der Waals surface area contributed by atoms with E-state index in [0.717, 1.165) is 35.1 Å². The van der Waals surface area contributed by atoms with Gasteiger partial charge in [-0.15, -0.1) is 0 Å². The minimum absolute atomic E-state index is 0.517. The van der Waals surface area contributed by atoms with E-state index in [4.69, 9.17) is 4.74 Å². The zero-order chi connectivity index (χ0) is 15.1. The molecule has 0 saturated heterocycles. The van der Waals surface area contributed by atoms with Crippen LogP contribution in [0.4, 0.5) is 0 Å². The summed E-state index contributed by atoms with van der Waals surface area (Å²) in [5, 5.41) is 3.17. The number of benzene rings is 1. The van der Waals surface area contributed by atoms with Crippen molar-refractivity contribution in [2.75, 3.05) is 7.05 Å². The van der Waals surface area contributed by atoms with Gasteiger partial charge in [0.15, 0.2) is 0 Å². The van der Waals surface area contributed by atoms with Gasteiger partial charge in [0, 0.05) is 28.3 Å². The van der Waals surface area contributed by atoms with Crippen LogP contribution in [0.3, 0.4) is 0 Å². The number of hydrogen-bond acceptors (Lipinski definition) is 3. The Morgan fingerprint density at radius 3 is 2.76 bits per heavy atom. The van der Waals surface area contributed by atoms with Crippen LogP contribution in [0.1, 0.15) is 30.2 Å². The molecule has 4 heteroatoms. The van der Waals surface area contributed by atoms with Crippen LogP contribution in [0.15, 0.2) is 40.9 Å². The molecule has 2 aromatic rings. The van der Waals surface area contributed by atoms with Crippen LogP contribution in [0, 0.1) is 0 Å². The van der Waals surface area contributed by atoms with Crippen molar-refractivity contribution in [3.8, 4) is 5.88 Å². The molecule has 112 valence electrons. The highest BCUT2D eigenvalue weighted by atomic mass is 79.9. The first-order chi connectivity index (χ1) is 10.2. The van der Waals surface area contributed by atoms with Crippen molar-refractivity contribution in [3.63, 3.8) is 0 Å². The second kappa shape index (κ2) is 8.15. The molecule has 1 heterocycles. The number of nitrogens with one attached hydrogen (secondary N) is 1. The average molecular weight is 349 g/mol. The summed E-state index contributed by atoms with van der Waals surface area (Å²) in [5.74, 6) is 0.696. The summed E-state index contributed by atoms with van der Waals surface area (Å²) in [4.78, 5) is 4.58. The summed E-state index contributed by atoms with van der Waals surface area (Å²) in [5.41, 5.74) is 3.42. The molecule has 21 heavy (non-hydrogen) atoms. The Kier molecular flexibility index (Phi) is 6.21. The fourth-order valence-corrected chi connectivity index (χ4v) is 2.55. The van der Waals surface area contributed by atoms with Crippen molar-refractivity contribution >= 4 is 15.9 Å². The third-order valence-electron chi connectivity index (χ3n) is 3.14. The molecule has 0 aliphatic rings. The standard InChI is InChI=1S/C17H21BrN2O/c1-3-6-15-9-13(11-19-2)10-17(20-15)21-12-14-7-4-5-8-16(14)18/h4-5,7-10,19H,3,6,11-12H2,1-2H3. The Hall–Kier alpha value is -1.39. The molecule has 0 aliphatic carbocycles. The van der Waals surface area contributed by atoms with Gasteiger partial charge in [-0.25, -0.2) is 4.98 Å². The molecule has 0 saturated carbocycles. The Morgan fingerprint density at radius 2 is 2.05 bits per heavy atom. The second-order valence-electron chi connectivity index (χ2n) is 4.97. The molecule has 0 radical (unpaired) electrons. The lowest BCUT2D eigenvalue weighted by Crippen LogP contribution is -2.07. The van der Waals surface area contributed by atoms with Gasteiger partial charge in [0.1, 0.15) is 6.61 Å². The maximum Gasteiger partial charge on any atom is 0.214 e. The van der Waals surface area contributed by atoms with Gasteiger partial charge in [-0.05, 0) is 31.2 Å². The maximum absolute atomic E-state index is 5.88. The van der Waals surface area contributed by atoms with E-state index in [1.807, 2.05) is 31.3 Å². The fourth-order valence-electron chi connectivity index (χ4n) is 2.15. The molecule has 0 spiro atoms. The lowest BCUT2D eigenvalue weighted by molar-refractivity contribution is 0.292. The van der Waals surface area contributed by atoms with E-state index in [9.17, 15) is 0 Å². The SMILES string of the molecule is CCCc1cc(CNC)cc(OCc2ccccc2Br)n1. The minimum atomic E-state index is 0.517. The van der Waals surface area contributed by atoms with E-state index in [2.05, 4.69) is 45.3 Å². The number of aryl methyl sites for hydroxylation is 1. The summed E-state index contributed by atoms with van der Waals surface area (Å²) in [7, 11) is 1.95. The third-order valence-corrected chi connectivity index (χ3v) is 3.91. The zero-order valence-electron chi connectivity index (χ0n) is 12.5. The Bertz CT molecular complexity index is 563. The van der Waals surface area contributed by atoms with Gasteiger partial charge < -0.3 is 10.1 Å². The zero-order valence-corrected chi connectivity index (χ0v) is 14.1. The van der Waals surface area contributed by atoms with Gasteiger partial charge in [0.2, 0.25) is 5.88 Å². The first kappa shape index (κ1) is 16.0.